The predicted octanol–water partition coefficient (Wildman–Crippen LogP) is 2.30. The molecule has 0 spiro atoms. The van der Waals surface area contributed by atoms with Crippen LogP contribution in [0.5, 0.6) is 0 Å². The van der Waals surface area contributed by atoms with Gasteiger partial charge in [-0.25, -0.2) is 4.39 Å². The number of alkyl halides is 1. The van der Waals surface area contributed by atoms with Crippen LogP contribution in [0.3, 0.4) is 0 Å². The van der Waals surface area contributed by atoms with E-state index in [0.29, 0.717) is 5.56 Å². The summed E-state index contributed by atoms with van der Waals surface area (Å²) < 4.78 is 15.3. The number of rotatable bonds is 2. The van der Waals surface area contributed by atoms with Crippen LogP contribution in [0.25, 0.3) is 10.9 Å². The van der Waals surface area contributed by atoms with Crippen LogP contribution in [-0.2, 0) is 5.67 Å². The molecule has 1 heterocycles. The van der Waals surface area contributed by atoms with Crippen molar-refractivity contribution in [3.05, 3.63) is 60.3 Å². The smallest absolute Gasteiger partial charge is 0.427 e. The highest BCUT2D eigenvalue weighted by Gasteiger charge is 2.45. The van der Waals surface area contributed by atoms with Crippen LogP contribution in [0, 0.1) is 0 Å². The lowest BCUT2D eigenvalue weighted by molar-refractivity contribution is 0.212. The molecule has 5 heteroatoms. The van der Waals surface area contributed by atoms with Crippen molar-refractivity contribution in [2.24, 2.45) is 0 Å². The number of allylic oxidation sites excluding steroid dienone is 4. The molecule has 3 nitrogen and oxygen atoms in total. The molecule has 0 saturated heterocycles. The normalized spacial score (nSPS) is 25.9. The lowest BCUT2D eigenvalue weighted by Gasteiger charge is -2.30. The molecule has 1 aliphatic rings. The fourth-order valence-corrected chi connectivity index (χ4v) is 2.60. The number of aromatic nitrogens is 1. The predicted molar refractivity (Wildman–Crippen MR) is 73.3 cm³/mol. The lowest BCUT2D eigenvalue weighted by atomic mass is 9.60. The first-order chi connectivity index (χ1) is 9.13. The number of hydrogen-bond donors (Lipinski definition) is 3. The maximum Gasteiger partial charge on any atom is 0.462 e. The van der Waals surface area contributed by atoms with Gasteiger partial charge in [0.25, 0.3) is 0 Å². The molecule has 3 rings (SSSR count). The van der Waals surface area contributed by atoms with Crippen LogP contribution in [0.1, 0.15) is 5.56 Å². The Hall–Kier alpha value is -1.85. The minimum atomic E-state index is -1.93. The van der Waals surface area contributed by atoms with Gasteiger partial charge in [0.1, 0.15) is 0 Å². The second kappa shape index (κ2) is 4.37. The number of benzene rings is 1. The van der Waals surface area contributed by atoms with Crippen molar-refractivity contribution in [1.82, 2.24) is 4.98 Å². The van der Waals surface area contributed by atoms with Gasteiger partial charge < -0.3 is 15.0 Å². The van der Waals surface area contributed by atoms with Crippen molar-refractivity contribution in [3.63, 3.8) is 0 Å². The molecule has 0 saturated carbocycles. The van der Waals surface area contributed by atoms with Gasteiger partial charge in [0.05, 0.1) is 5.82 Å². The Morgan fingerprint density at radius 2 is 2.00 bits per heavy atom. The molecule has 0 radical (unpaired) electrons. The highest BCUT2D eigenvalue weighted by molar-refractivity contribution is 6.44. The SMILES string of the molecule is OB(O)C1C=CC=CC1(F)c1c[nH]c2ccccc12. The van der Waals surface area contributed by atoms with Gasteiger partial charge in [-0.1, -0.05) is 36.4 Å². The number of halogens is 1. The van der Waals surface area contributed by atoms with Crippen LogP contribution < -0.4 is 0 Å². The topological polar surface area (TPSA) is 56.2 Å². The lowest BCUT2D eigenvalue weighted by Crippen LogP contribution is -2.35. The zero-order valence-corrected chi connectivity index (χ0v) is 10.1. The van der Waals surface area contributed by atoms with Crippen molar-refractivity contribution in [2.75, 3.05) is 0 Å². The van der Waals surface area contributed by atoms with E-state index in [1.165, 1.54) is 12.2 Å². The number of para-hydroxylation sites is 1. The number of aromatic amines is 1. The average Bonchev–Trinajstić information content (AvgIpc) is 2.83. The summed E-state index contributed by atoms with van der Waals surface area (Å²) >= 11 is 0. The van der Waals surface area contributed by atoms with Gasteiger partial charge in [-0.3, -0.25) is 0 Å². The minimum Gasteiger partial charge on any atom is -0.427 e. The second-order valence-electron chi connectivity index (χ2n) is 4.70. The Kier molecular flexibility index (Phi) is 2.80. The van der Waals surface area contributed by atoms with E-state index in [4.69, 9.17) is 0 Å². The molecule has 1 aromatic heterocycles. The first kappa shape index (κ1) is 12.2. The molecule has 2 unspecified atom stereocenters. The van der Waals surface area contributed by atoms with Crippen LogP contribution in [0.4, 0.5) is 4.39 Å². The Bertz CT molecular complexity index is 664. The Labute approximate surface area is 110 Å². The summed E-state index contributed by atoms with van der Waals surface area (Å²) in [6, 6.07) is 7.36. The summed E-state index contributed by atoms with van der Waals surface area (Å²) in [5.74, 6) is -1.02. The van der Waals surface area contributed by atoms with E-state index in [1.807, 2.05) is 24.3 Å². The van der Waals surface area contributed by atoms with Crippen LogP contribution >= 0.6 is 0 Å². The summed E-state index contributed by atoms with van der Waals surface area (Å²) in [5.41, 5.74) is -0.687. The molecular formula is C14H13BFNO2. The van der Waals surface area contributed by atoms with E-state index in [1.54, 1.807) is 18.3 Å². The Balaban J connectivity index is 2.18. The van der Waals surface area contributed by atoms with E-state index in [0.717, 1.165) is 10.9 Å². The van der Waals surface area contributed by atoms with Crippen molar-refractivity contribution >= 4 is 18.0 Å². The summed E-state index contributed by atoms with van der Waals surface area (Å²) in [6.07, 6.45) is 7.64. The van der Waals surface area contributed by atoms with Crippen LogP contribution in [-0.4, -0.2) is 22.2 Å². The number of hydrogen-bond acceptors (Lipinski definition) is 2. The molecule has 2 aromatic rings. The van der Waals surface area contributed by atoms with E-state index in [2.05, 4.69) is 4.98 Å². The fourth-order valence-electron chi connectivity index (χ4n) is 2.60. The third-order valence-corrected chi connectivity index (χ3v) is 3.58. The number of H-pyrrole nitrogens is 1. The quantitative estimate of drug-likeness (QED) is 0.723. The highest BCUT2D eigenvalue weighted by atomic mass is 19.1. The van der Waals surface area contributed by atoms with E-state index in [9.17, 15) is 10.0 Å². The van der Waals surface area contributed by atoms with Crippen molar-refractivity contribution in [3.8, 4) is 0 Å². The van der Waals surface area contributed by atoms with Gasteiger partial charge >= 0.3 is 7.12 Å². The third-order valence-electron chi connectivity index (χ3n) is 3.58. The largest absolute Gasteiger partial charge is 0.462 e. The molecule has 0 amide bonds. The standard InChI is InChI=1S/C14H13BFNO2/c16-14(8-4-3-7-13(14)15(18)19)11-9-17-12-6-2-1-5-10(11)12/h1-9,13,17-19H. The number of fused-ring (bicyclic) bond motifs is 1. The van der Waals surface area contributed by atoms with E-state index >= 15 is 4.39 Å². The zero-order valence-electron chi connectivity index (χ0n) is 10.1. The maximum atomic E-state index is 15.3. The fraction of sp³-hybridized carbons (Fsp3) is 0.143. The Morgan fingerprint density at radius 1 is 1.21 bits per heavy atom. The second-order valence-corrected chi connectivity index (χ2v) is 4.70. The van der Waals surface area contributed by atoms with Gasteiger partial charge in [-0.2, -0.15) is 0 Å². The van der Waals surface area contributed by atoms with Crippen molar-refractivity contribution in [2.45, 2.75) is 11.5 Å². The molecule has 2 atom stereocenters. The van der Waals surface area contributed by atoms with Gasteiger partial charge in [0.2, 0.25) is 0 Å². The molecule has 1 aliphatic carbocycles. The van der Waals surface area contributed by atoms with Gasteiger partial charge in [0.15, 0.2) is 5.67 Å². The molecular weight excluding hydrogens is 244 g/mol. The summed E-state index contributed by atoms with van der Waals surface area (Å²) in [4.78, 5) is 3.01. The minimum absolute atomic E-state index is 0.418. The molecule has 0 aliphatic heterocycles. The summed E-state index contributed by atoms with van der Waals surface area (Å²) in [6.45, 7) is 0. The van der Waals surface area contributed by atoms with Crippen molar-refractivity contribution in [1.29, 1.82) is 0 Å². The van der Waals surface area contributed by atoms with Gasteiger partial charge in [0, 0.05) is 22.7 Å². The molecule has 3 N–H and O–H groups in total. The molecule has 1 aromatic carbocycles. The first-order valence-corrected chi connectivity index (χ1v) is 6.10. The molecule has 0 fully saturated rings. The van der Waals surface area contributed by atoms with Gasteiger partial charge in [-0.15, -0.1) is 0 Å². The Morgan fingerprint density at radius 3 is 2.79 bits per heavy atom. The first-order valence-electron chi connectivity index (χ1n) is 6.10. The zero-order chi connectivity index (χ0) is 13.5. The van der Waals surface area contributed by atoms with Crippen molar-refractivity contribution < 1.29 is 14.4 Å². The number of nitrogens with one attached hydrogen (secondary N) is 1. The van der Waals surface area contributed by atoms with Crippen LogP contribution in [0.2, 0.25) is 5.82 Å². The molecule has 19 heavy (non-hydrogen) atoms. The molecule has 96 valence electrons. The van der Waals surface area contributed by atoms with E-state index in [-0.39, 0.29) is 0 Å². The monoisotopic (exact) mass is 257 g/mol. The summed E-state index contributed by atoms with van der Waals surface area (Å²) in [7, 11) is -1.75. The third kappa shape index (κ3) is 1.82. The molecule has 0 bridgehead atoms. The van der Waals surface area contributed by atoms with Crippen LogP contribution in [0.15, 0.2) is 54.8 Å². The summed E-state index contributed by atoms with van der Waals surface area (Å²) in [5, 5.41) is 19.6. The van der Waals surface area contributed by atoms with Gasteiger partial charge in [-0.05, 0) is 12.1 Å². The highest BCUT2D eigenvalue weighted by Crippen LogP contribution is 2.45. The average molecular weight is 257 g/mol. The van der Waals surface area contributed by atoms with E-state index < -0.39 is 18.6 Å². The maximum absolute atomic E-state index is 15.3.